The first-order chi connectivity index (χ1) is 12.0. The lowest BCUT2D eigenvalue weighted by molar-refractivity contribution is -0.132. The molecule has 0 saturated carbocycles. The summed E-state index contributed by atoms with van der Waals surface area (Å²) in [5, 5.41) is 4.05. The SMILES string of the molecule is CC(=O)N1CCCCCC1C1CCN(Cc2nc(C(C)C)no2)CC1. The molecule has 1 aromatic rings. The van der Waals surface area contributed by atoms with Crippen LogP contribution in [0.25, 0.3) is 0 Å². The van der Waals surface area contributed by atoms with E-state index in [1.807, 2.05) is 0 Å². The van der Waals surface area contributed by atoms with Crippen molar-refractivity contribution in [2.75, 3.05) is 19.6 Å². The lowest BCUT2D eigenvalue weighted by Crippen LogP contribution is -2.47. The molecule has 1 amide bonds. The van der Waals surface area contributed by atoms with E-state index in [0.717, 1.165) is 57.2 Å². The summed E-state index contributed by atoms with van der Waals surface area (Å²) in [5.74, 6) is 2.70. The molecule has 0 radical (unpaired) electrons. The Labute approximate surface area is 150 Å². The zero-order valence-corrected chi connectivity index (χ0v) is 15.9. The van der Waals surface area contributed by atoms with E-state index in [0.29, 0.717) is 17.9 Å². The van der Waals surface area contributed by atoms with Crippen LogP contribution in [-0.2, 0) is 11.3 Å². The molecule has 1 unspecified atom stereocenters. The molecule has 0 aliphatic carbocycles. The Balaban J connectivity index is 1.54. The van der Waals surface area contributed by atoms with Crippen LogP contribution >= 0.6 is 0 Å². The van der Waals surface area contributed by atoms with Gasteiger partial charge < -0.3 is 9.42 Å². The van der Waals surface area contributed by atoms with Gasteiger partial charge in [-0.25, -0.2) is 0 Å². The number of piperidine rings is 1. The van der Waals surface area contributed by atoms with Gasteiger partial charge in [0.05, 0.1) is 6.54 Å². The van der Waals surface area contributed by atoms with Crippen LogP contribution in [0.15, 0.2) is 4.52 Å². The van der Waals surface area contributed by atoms with Crippen LogP contribution < -0.4 is 0 Å². The van der Waals surface area contributed by atoms with E-state index < -0.39 is 0 Å². The summed E-state index contributed by atoms with van der Waals surface area (Å²) in [5.41, 5.74) is 0. The topological polar surface area (TPSA) is 62.5 Å². The van der Waals surface area contributed by atoms with Gasteiger partial charge in [-0.3, -0.25) is 9.69 Å². The first kappa shape index (κ1) is 18.4. The van der Waals surface area contributed by atoms with E-state index in [9.17, 15) is 4.79 Å². The normalized spacial score (nSPS) is 23.8. The Bertz CT molecular complexity index is 564. The third-order valence-electron chi connectivity index (χ3n) is 5.74. The molecule has 3 rings (SSSR count). The predicted octanol–water partition coefficient (Wildman–Crippen LogP) is 3.20. The number of hydrogen-bond acceptors (Lipinski definition) is 5. The highest BCUT2D eigenvalue weighted by atomic mass is 16.5. The number of hydrogen-bond donors (Lipinski definition) is 0. The Morgan fingerprint density at radius 3 is 2.56 bits per heavy atom. The van der Waals surface area contributed by atoms with Gasteiger partial charge in [0, 0.05) is 25.4 Å². The molecular formula is C19H32N4O2. The van der Waals surface area contributed by atoms with Crippen LogP contribution in [0.3, 0.4) is 0 Å². The molecule has 0 bridgehead atoms. The third-order valence-corrected chi connectivity index (χ3v) is 5.74. The third kappa shape index (κ3) is 4.60. The molecule has 3 heterocycles. The molecule has 0 spiro atoms. The molecule has 0 N–H and O–H groups in total. The van der Waals surface area contributed by atoms with Gasteiger partial charge in [0.1, 0.15) is 0 Å². The minimum atomic E-state index is 0.251. The summed E-state index contributed by atoms with van der Waals surface area (Å²) < 4.78 is 5.38. The zero-order valence-electron chi connectivity index (χ0n) is 15.9. The monoisotopic (exact) mass is 348 g/mol. The van der Waals surface area contributed by atoms with Gasteiger partial charge in [-0.15, -0.1) is 0 Å². The van der Waals surface area contributed by atoms with Crippen molar-refractivity contribution >= 4 is 5.91 Å². The molecule has 6 nitrogen and oxygen atoms in total. The van der Waals surface area contributed by atoms with Gasteiger partial charge in [0.2, 0.25) is 11.8 Å². The average Bonchev–Trinajstić information content (AvgIpc) is 2.91. The van der Waals surface area contributed by atoms with Crippen molar-refractivity contribution in [3.63, 3.8) is 0 Å². The van der Waals surface area contributed by atoms with Gasteiger partial charge in [0.15, 0.2) is 5.82 Å². The highest BCUT2D eigenvalue weighted by Gasteiger charge is 2.33. The van der Waals surface area contributed by atoms with Crippen LogP contribution in [0.4, 0.5) is 0 Å². The molecule has 0 aromatic carbocycles. The molecule has 2 aliphatic rings. The maximum Gasteiger partial charge on any atom is 0.240 e. The first-order valence-corrected chi connectivity index (χ1v) is 9.86. The van der Waals surface area contributed by atoms with Gasteiger partial charge in [-0.05, 0) is 44.7 Å². The Hall–Kier alpha value is -1.43. The molecule has 2 aliphatic heterocycles. The smallest absolute Gasteiger partial charge is 0.240 e. The van der Waals surface area contributed by atoms with Crippen molar-refractivity contribution in [2.24, 2.45) is 5.92 Å². The number of carbonyl (C=O) groups is 1. The summed E-state index contributed by atoms with van der Waals surface area (Å²) in [7, 11) is 0. The van der Waals surface area contributed by atoms with Crippen LogP contribution in [0.1, 0.15) is 76.9 Å². The number of nitrogens with zero attached hydrogens (tertiary/aromatic N) is 4. The quantitative estimate of drug-likeness (QED) is 0.836. The minimum absolute atomic E-state index is 0.251. The molecule has 6 heteroatoms. The summed E-state index contributed by atoms with van der Waals surface area (Å²) >= 11 is 0. The second-order valence-corrected chi connectivity index (χ2v) is 7.94. The number of carbonyl (C=O) groups excluding carboxylic acids is 1. The summed E-state index contributed by atoms with van der Waals surface area (Å²) in [4.78, 5) is 21.1. The van der Waals surface area contributed by atoms with E-state index in [4.69, 9.17) is 4.52 Å². The highest BCUT2D eigenvalue weighted by Crippen LogP contribution is 2.30. The minimum Gasteiger partial charge on any atom is -0.340 e. The van der Waals surface area contributed by atoms with Gasteiger partial charge in [0.25, 0.3) is 0 Å². The lowest BCUT2D eigenvalue weighted by Gasteiger charge is -2.40. The number of amides is 1. The van der Waals surface area contributed by atoms with E-state index in [-0.39, 0.29) is 5.91 Å². The Kier molecular flexibility index (Phi) is 6.10. The molecule has 2 fully saturated rings. The van der Waals surface area contributed by atoms with E-state index in [1.54, 1.807) is 6.92 Å². The van der Waals surface area contributed by atoms with Crippen LogP contribution in [0.2, 0.25) is 0 Å². The lowest BCUT2D eigenvalue weighted by atomic mass is 9.86. The van der Waals surface area contributed by atoms with Crippen LogP contribution in [0, 0.1) is 5.92 Å². The second-order valence-electron chi connectivity index (χ2n) is 7.94. The number of aromatic nitrogens is 2. The molecule has 2 saturated heterocycles. The Morgan fingerprint density at radius 2 is 1.92 bits per heavy atom. The average molecular weight is 348 g/mol. The van der Waals surface area contributed by atoms with E-state index in [1.165, 1.54) is 19.3 Å². The van der Waals surface area contributed by atoms with Crippen molar-refractivity contribution in [3.8, 4) is 0 Å². The van der Waals surface area contributed by atoms with E-state index >= 15 is 0 Å². The van der Waals surface area contributed by atoms with Crippen molar-refractivity contribution in [3.05, 3.63) is 11.7 Å². The fourth-order valence-corrected chi connectivity index (χ4v) is 4.27. The fourth-order valence-electron chi connectivity index (χ4n) is 4.27. The zero-order chi connectivity index (χ0) is 17.8. The van der Waals surface area contributed by atoms with Crippen molar-refractivity contribution < 1.29 is 9.32 Å². The molecule has 1 atom stereocenters. The maximum absolute atomic E-state index is 12.1. The second kappa shape index (κ2) is 8.30. The van der Waals surface area contributed by atoms with Gasteiger partial charge in [-0.1, -0.05) is 31.8 Å². The van der Waals surface area contributed by atoms with Crippen molar-refractivity contribution in [1.29, 1.82) is 0 Å². The van der Waals surface area contributed by atoms with Crippen molar-refractivity contribution in [2.45, 2.75) is 77.8 Å². The standard InChI is InChI=1S/C19H32N4O2/c1-14(2)19-20-18(25-21-19)13-22-11-8-16(9-12-22)17-7-5-4-6-10-23(17)15(3)24/h14,16-17H,4-13H2,1-3H3. The van der Waals surface area contributed by atoms with Gasteiger partial charge >= 0.3 is 0 Å². The largest absolute Gasteiger partial charge is 0.340 e. The summed E-state index contributed by atoms with van der Waals surface area (Å²) in [6.45, 7) is 9.67. The van der Waals surface area contributed by atoms with Crippen LogP contribution in [0.5, 0.6) is 0 Å². The van der Waals surface area contributed by atoms with Crippen LogP contribution in [-0.4, -0.2) is 51.5 Å². The Morgan fingerprint density at radius 1 is 1.16 bits per heavy atom. The first-order valence-electron chi connectivity index (χ1n) is 9.86. The summed E-state index contributed by atoms with van der Waals surface area (Å²) in [6, 6.07) is 0.443. The predicted molar refractivity (Wildman–Crippen MR) is 96.0 cm³/mol. The maximum atomic E-state index is 12.1. The van der Waals surface area contributed by atoms with Gasteiger partial charge in [-0.2, -0.15) is 4.98 Å². The number of rotatable bonds is 4. The fraction of sp³-hybridized carbons (Fsp3) is 0.842. The summed E-state index contributed by atoms with van der Waals surface area (Å²) in [6.07, 6.45) is 7.15. The highest BCUT2D eigenvalue weighted by molar-refractivity contribution is 5.73. The van der Waals surface area contributed by atoms with Crippen molar-refractivity contribution in [1.82, 2.24) is 19.9 Å². The van der Waals surface area contributed by atoms with E-state index in [2.05, 4.69) is 33.8 Å². The molecular weight excluding hydrogens is 316 g/mol. The molecule has 25 heavy (non-hydrogen) atoms. The molecule has 1 aromatic heterocycles. The number of likely N-dealkylation sites (tertiary alicyclic amines) is 2. The molecule has 140 valence electrons.